The normalized spacial score (nSPS) is 10.2. The Bertz CT molecular complexity index is 827. The molecule has 0 bridgehead atoms. The lowest BCUT2D eigenvalue weighted by atomic mass is 10.2. The van der Waals surface area contributed by atoms with E-state index in [2.05, 4.69) is 5.32 Å². The molecule has 2 aromatic carbocycles. The first-order chi connectivity index (χ1) is 12.3. The summed E-state index contributed by atoms with van der Waals surface area (Å²) in [5.74, 6) is 0.0632. The number of amides is 2. The van der Waals surface area contributed by atoms with E-state index in [0.717, 1.165) is 0 Å². The van der Waals surface area contributed by atoms with Gasteiger partial charge in [-0.25, -0.2) is 0 Å². The lowest BCUT2D eigenvalue weighted by Crippen LogP contribution is -2.36. The molecular formula is C18H18Cl2N2O4. The molecular weight excluding hydrogens is 379 g/mol. The van der Waals surface area contributed by atoms with E-state index < -0.39 is 5.91 Å². The van der Waals surface area contributed by atoms with Crippen LogP contribution in [0.15, 0.2) is 36.4 Å². The molecule has 2 aromatic rings. The molecule has 0 atom stereocenters. The number of hydrogen-bond acceptors (Lipinski definition) is 4. The summed E-state index contributed by atoms with van der Waals surface area (Å²) in [6.45, 7) is 1.18. The third-order valence-electron chi connectivity index (χ3n) is 3.55. The molecule has 0 aromatic heterocycles. The monoisotopic (exact) mass is 396 g/mol. The van der Waals surface area contributed by atoms with E-state index in [0.29, 0.717) is 32.9 Å². The molecule has 0 spiro atoms. The number of carbonyl (C=O) groups is 2. The van der Waals surface area contributed by atoms with Gasteiger partial charge in [0.25, 0.3) is 0 Å². The van der Waals surface area contributed by atoms with Gasteiger partial charge in [-0.3, -0.25) is 9.59 Å². The predicted molar refractivity (Wildman–Crippen MR) is 103 cm³/mol. The molecule has 0 saturated heterocycles. The third-order valence-corrected chi connectivity index (χ3v) is 4.08. The minimum atomic E-state index is -0.414. The number of nitrogens with one attached hydrogen (secondary N) is 1. The highest BCUT2D eigenvalue weighted by Crippen LogP contribution is 2.35. The fourth-order valence-corrected chi connectivity index (χ4v) is 2.74. The van der Waals surface area contributed by atoms with E-state index >= 15 is 0 Å². The molecule has 2 amide bonds. The van der Waals surface area contributed by atoms with Gasteiger partial charge in [-0.2, -0.15) is 0 Å². The standard InChI is InChI=1S/C18H18Cl2N2O4/c1-11(23)22(13-6-4-5-12(19)7-13)10-18(24)21-15-9-16(25-2)14(20)8-17(15)26-3/h4-9H,10H2,1-3H3,(H,21,24). The molecule has 0 aliphatic rings. The average molecular weight is 397 g/mol. The summed E-state index contributed by atoms with van der Waals surface area (Å²) in [6, 6.07) is 9.80. The van der Waals surface area contributed by atoms with Gasteiger partial charge in [-0.1, -0.05) is 29.3 Å². The van der Waals surface area contributed by atoms with Gasteiger partial charge in [0, 0.05) is 29.8 Å². The maximum atomic E-state index is 12.5. The van der Waals surface area contributed by atoms with Crippen molar-refractivity contribution in [2.45, 2.75) is 6.92 Å². The quantitative estimate of drug-likeness (QED) is 0.800. The molecule has 0 fully saturated rings. The maximum Gasteiger partial charge on any atom is 0.244 e. The molecule has 138 valence electrons. The van der Waals surface area contributed by atoms with Gasteiger partial charge >= 0.3 is 0 Å². The van der Waals surface area contributed by atoms with Crippen LogP contribution in [-0.4, -0.2) is 32.6 Å². The minimum Gasteiger partial charge on any atom is -0.495 e. The highest BCUT2D eigenvalue weighted by atomic mass is 35.5. The van der Waals surface area contributed by atoms with Gasteiger partial charge in [-0.05, 0) is 18.2 Å². The Morgan fingerprint density at radius 1 is 1.08 bits per heavy atom. The van der Waals surface area contributed by atoms with E-state index in [1.54, 1.807) is 30.3 Å². The van der Waals surface area contributed by atoms with Gasteiger partial charge < -0.3 is 19.7 Å². The predicted octanol–water partition coefficient (Wildman–Crippen LogP) is 4.00. The fourth-order valence-electron chi connectivity index (χ4n) is 2.32. The number of carbonyl (C=O) groups excluding carboxylic acids is 2. The van der Waals surface area contributed by atoms with E-state index in [-0.39, 0.29) is 12.5 Å². The molecule has 26 heavy (non-hydrogen) atoms. The molecule has 0 saturated carbocycles. The lowest BCUT2D eigenvalue weighted by molar-refractivity contribution is -0.120. The number of rotatable bonds is 6. The largest absolute Gasteiger partial charge is 0.495 e. The number of methoxy groups -OCH3 is 2. The van der Waals surface area contributed by atoms with Crippen LogP contribution in [0.25, 0.3) is 0 Å². The summed E-state index contributed by atoms with van der Waals surface area (Å²) in [6.07, 6.45) is 0. The zero-order valence-corrected chi connectivity index (χ0v) is 16.0. The van der Waals surface area contributed by atoms with Crippen LogP contribution in [0, 0.1) is 0 Å². The number of halogens is 2. The molecule has 8 heteroatoms. The van der Waals surface area contributed by atoms with Crippen molar-refractivity contribution in [2.75, 3.05) is 31.0 Å². The molecule has 2 rings (SSSR count). The zero-order valence-electron chi connectivity index (χ0n) is 14.5. The van der Waals surface area contributed by atoms with Crippen molar-refractivity contribution >= 4 is 46.4 Å². The van der Waals surface area contributed by atoms with E-state index in [1.165, 1.54) is 32.1 Å². The van der Waals surface area contributed by atoms with Crippen LogP contribution in [0.4, 0.5) is 11.4 Å². The second-order valence-corrected chi connectivity index (χ2v) is 6.16. The SMILES string of the molecule is COc1cc(NC(=O)CN(C(C)=O)c2cccc(Cl)c2)c(OC)cc1Cl. The van der Waals surface area contributed by atoms with Crippen molar-refractivity contribution in [3.05, 3.63) is 46.4 Å². The fraction of sp³-hybridized carbons (Fsp3) is 0.222. The Morgan fingerprint density at radius 2 is 1.77 bits per heavy atom. The van der Waals surface area contributed by atoms with Gasteiger partial charge in [0.1, 0.15) is 18.0 Å². The summed E-state index contributed by atoms with van der Waals surface area (Å²) in [7, 11) is 2.93. The smallest absolute Gasteiger partial charge is 0.244 e. The first kappa shape index (κ1) is 19.9. The first-order valence-electron chi connectivity index (χ1n) is 7.60. The highest BCUT2D eigenvalue weighted by Gasteiger charge is 2.18. The Labute approximate surface area is 161 Å². The number of anilines is 2. The molecule has 0 aliphatic heterocycles. The number of benzene rings is 2. The van der Waals surface area contributed by atoms with Crippen molar-refractivity contribution in [3.8, 4) is 11.5 Å². The average Bonchev–Trinajstić information content (AvgIpc) is 2.60. The Kier molecular flexibility index (Phi) is 6.71. The van der Waals surface area contributed by atoms with Crippen LogP contribution in [0.5, 0.6) is 11.5 Å². The Balaban J connectivity index is 2.22. The van der Waals surface area contributed by atoms with Crippen LogP contribution in [0.2, 0.25) is 10.0 Å². The van der Waals surface area contributed by atoms with Gasteiger partial charge in [0.05, 0.1) is 24.9 Å². The van der Waals surface area contributed by atoms with Crippen LogP contribution < -0.4 is 19.7 Å². The summed E-state index contributed by atoms with van der Waals surface area (Å²) in [5.41, 5.74) is 0.911. The Morgan fingerprint density at radius 3 is 2.35 bits per heavy atom. The zero-order chi connectivity index (χ0) is 19.3. The van der Waals surface area contributed by atoms with Crippen LogP contribution in [0.1, 0.15) is 6.92 Å². The summed E-state index contributed by atoms with van der Waals surface area (Å²) < 4.78 is 10.4. The van der Waals surface area contributed by atoms with Gasteiger partial charge in [-0.15, -0.1) is 0 Å². The third kappa shape index (κ3) is 4.80. The van der Waals surface area contributed by atoms with Gasteiger partial charge in [0.15, 0.2) is 0 Å². The maximum absolute atomic E-state index is 12.5. The second kappa shape index (κ2) is 8.78. The molecule has 0 heterocycles. The van der Waals surface area contributed by atoms with E-state index in [1.807, 2.05) is 0 Å². The van der Waals surface area contributed by atoms with Crippen LogP contribution >= 0.6 is 23.2 Å². The van der Waals surface area contributed by atoms with E-state index in [4.69, 9.17) is 32.7 Å². The molecule has 6 nitrogen and oxygen atoms in total. The van der Waals surface area contributed by atoms with E-state index in [9.17, 15) is 9.59 Å². The van der Waals surface area contributed by atoms with Crippen molar-refractivity contribution in [1.82, 2.24) is 0 Å². The number of ether oxygens (including phenoxy) is 2. The summed E-state index contributed by atoms with van der Waals surface area (Å²) >= 11 is 12.0. The molecule has 1 N–H and O–H groups in total. The van der Waals surface area contributed by atoms with Crippen molar-refractivity contribution < 1.29 is 19.1 Å². The number of hydrogen-bond donors (Lipinski definition) is 1. The molecule has 0 unspecified atom stereocenters. The van der Waals surface area contributed by atoms with Crippen LogP contribution in [0.3, 0.4) is 0 Å². The molecule has 0 radical (unpaired) electrons. The minimum absolute atomic E-state index is 0.191. The van der Waals surface area contributed by atoms with Crippen molar-refractivity contribution in [2.24, 2.45) is 0 Å². The second-order valence-electron chi connectivity index (χ2n) is 5.32. The summed E-state index contributed by atoms with van der Waals surface area (Å²) in [5, 5.41) is 3.53. The first-order valence-corrected chi connectivity index (χ1v) is 8.36. The van der Waals surface area contributed by atoms with Gasteiger partial charge in [0.2, 0.25) is 11.8 Å². The van der Waals surface area contributed by atoms with Crippen molar-refractivity contribution in [1.29, 1.82) is 0 Å². The topological polar surface area (TPSA) is 67.9 Å². The highest BCUT2D eigenvalue weighted by molar-refractivity contribution is 6.32. The summed E-state index contributed by atoms with van der Waals surface area (Å²) in [4.78, 5) is 25.7. The van der Waals surface area contributed by atoms with Crippen molar-refractivity contribution in [3.63, 3.8) is 0 Å². The lowest BCUT2D eigenvalue weighted by Gasteiger charge is -2.21. The molecule has 0 aliphatic carbocycles. The number of nitrogens with zero attached hydrogens (tertiary/aromatic N) is 1. The van der Waals surface area contributed by atoms with Crippen LogP contribution in [-0.2, 0) is 9.59 Å². The Hall–Kier alpha value is -2.44.